The monoisotopic (exact) mass is 285 g/mol. The molecule has 0 spiro atoms. The lowest BCUT2D eigenvalue weighted by atomic mass is 10.0. The van der Waals surface area contributed by atoms with Gasteiger partial charge in [0.2, 0.25) is 0 Å². The molecule has 2 heterocycles. The zero-order valence-corrected chi connectivity index (χ0v) is 12.1. The van der Waals surface area contributed by atoms with Crippen LogP contribution in [0.2, 0.25) is 0 Å². The summed E-state index contributed by atoms with van der Waals surface area (Å²) in [5.41, 5.74) is 0.953. The molecule has 21 heavy (non-hydrogen) atoms. The van der Waals surface area contributed by atoms with Crippen LogP contribution in [0.25, 0.3) is 10.9 Å². The van der Waals surface area contributed by atoms with Crippen molar-refractivity contribution >= 4 is 22.7 Å². The summed E-state index contributed by atoms with van der Waals surface area (Å²) in [6.45, 7) is 4.28. The van der Waals surface area contributed by atoms with Crippen LogP contribution in [0.15, 0.2) is 24.5 Å². The topological polar surface area (TPSA) is 66.3 Å². The van der Waals surface area contributed by atoms with Crippen LogP contribution in [-0.4, -0.2) is 34.1 Å². The molecule has 2 aromatic rings. The molecule has 0 bridgehead atoms. The fourth-order valence-electron chi connectivity index (χ4n) is 2.90. The molecule has 1 unspecified atom stereocenters. The summed E-state index contributed by atoms with van der Waals surface area (Å²) >= 11 is 0. The summed E-state index contributed by atoms with van der Waals surface area (Å²) in [6, 6.07) is 5.06. The van der Waals surface area contributed by atoms with Gasteiger partial charge in [0.25, 0.3) is 0 Å². The third-order valence-electron chi connectivity index (χ3n) is 4.18. The highest BCUT2D eigenvalue weighted by Gasteiger charge is 2.17. The third kappa shape index (κ3) is 2.82. The Morgan fingerprint density at radius 2 is 2.14 bits per heavy atom. The highest BCUT2D eigenvalue weighted by molar-refractivity contribution is 5.96. The molecule has 1 aromatic carbocycles. The van der Waals surface area contributed by atoms with Gasteiger partial charge in [-0.25, -0.2) is 14.8 Å². The van der Waals surface area contributed by atoms with Crippen LogP contribution >= 0.6 is 0 Å². The van der Waals surface area contributed by atoms with Gasteiger partial charge in [-0.3, -0.25) is 0 Å². The minimum absolute atomic E-state index is 0.261. The molecule has 1 saturated heterocycles. The molecule has 0 saturated carbocycles. The van der Waals surface area contributed by atoms with Crippen molar-refractivity contribution in [2.75, 3.05) is 18.0 Å². The van der Waals surface area contributed by atoms with Gasteiger partial charge in [-0.1, -0.05) is 6.92 Å². The normalized spacial score (nSPS) is 19.5. The lowest BCUT2D eigenvalue weighted by Crippen LogP contribution is -2.25. The summed E-state index contributed by atoms with van der Waals surface area (Å²) in [7, 11) is 0. The van der Waals surface area contributed by atoms with Gasteiger partial charge in [0.15, 0.2) is 0 Å². The number of aromatic carboxylic acids is 1. The molecular formula is C16H19N3O2. The number of fused-ring (bicyclic) bond motifs is 1. The van der Waals surface area contributed by atoms with Crippen molar-refractivity contribution in [1.29, 1.82) is 0 Å². The van der Waals surface area contributed by atoms with Crippen molar-refractivity contribution in [1.82, 2.24) is 9.97 Å². The lowest BCUT2D eigenvalue weighted by Gasteiger charge is -2.22. The predicted molar refractivity (Wildman–Crippen MR) is 81.7 cm³/mol. The highest BCUT2D eigenvalue weighted by atomic mass is 16.4. The van der Waals surface area contributed by atoms with Crippen molar-refractivity contribution < 1.29 is 9.90 Å². The standard InChI is InChI=1S/C16H19N3O2/c1-11-3-2-7-19(8-6-11)15-13-5-4-12(16(20)21)9-14(13)17-10-18-15/h4-5,9-11H,2-3,6-8H2,1H3,(H,20,21). The number of carbonyl (C=O) groups is 1. The Morgan fingerprint density at radius 3 is 2.95 bits per heavy atom. The number of anilines is 1. The molecule has 1 N–H and O–H groups in total. The molecule has 5 nitrogen and oxygen atoms in total. The Kier molecular flexibility index (Phi) is 3.73. The first-order valence-electron chi connectivity index (χ1n) is 7.38. The summed E-state index contributed by atoms with van der Waals surface area (Å²) in [4.78, 5) is 22.0. The van der Waals surface area contributed by atoms with Crippen molar-refractivity contribution in [2.24, 2.45) is 5.92 Å². The molecule has 0 amide bonds. The molecule has 0 radical (unpaired) electrons. The van der Waals surface area contributed by atoms with Gasteiger partial charge >= 0.3 is 5.97 Å². The van der Waals surface area contributed by atoms with Crippen LogP contribution in [0.3, 0.4) is 0 Å². The maximum Gasteiger partial charge on any atom is 0.335 e. The first-order chi connectivity index (χ1) is 10.1. The summed E-state index contributed by atoms with van der Waals surface area (Å²) < 4.78 is 0. The Morgan fingerprint density at radius 1 is 1.29 bits per heavy atom. The quantitative estimate of drug-likeness (QED) is 0.919. The molecule has 1 aliphatic heterocycles. The van der Waals surface area contributed by atoms with Crippen molar-refractivity contribution in [3.05, 3.63) is 30.1 Å². The molecule has 0 aliphatic carbocycles. The molecule has 1 aromatic heterocycles. The van der Waals surface area contributed by atoms with Crippen LogP contribution in [0.5, 0.6) is 0 Å². The zero-order chi connectivity index (χ0) is 14.8. The van der Waals surface area contributed by atoms with E-state index in [0.29, 0.717) is 5.52 Å². The Labute approximate surface area is 123 Å². The average molecular weight is 285 g/mol. The van der Waals surface area contributed by atoms with Gasteiger partial charge in [0.1, 0.15) is 12.1 Å². The lowest BCUT2D eigenvalue weighted by molar-refractivity contribution is 0.0697. The van der Waals surface area contributed by atoms with E-state index in [1.807, 2.05) is 6.07 Å². The predicted octanol–water partition coefficient (Wildman–Crippen LogP) is 2.95. The van der Waals surface area contributed by atoms with E-state index in [1.54, 1.807) is 12.1 Å². The maximum atomic E-state index is 11.1. The average Bonchev–Trinajstić information content (AvgIpc) is 2.70. The number of aromatic nitrogens is 2. The molecule has 3 rings (SSSR count). The Hall–Kier alpha value is -2.17. The van der Waals surface area contributed by atoms with Crippen LogP contribution < -0.4 is 4.90 Å². The molecule has 110 valence electrons. The number of nitrogens with zero attached hydrogens (tertiary/aromatic N) is 3. The van der Waals surface area contributed by atoms with Crippen LogP contribution in [0.4, 0.5) is 5.82 Å². The molecule has 1 atom stereocenters. The summed E-state index contributed by atoms with van der Waals surface area (Å²) in [5, 5.41) is 10.0. The second-order valence-corrected chi connectivity index (χ2v) is 5.76. The van der Waals surface area contributed by atoms with Crippen molar-refractivity contribution in [3.63, 3.8) is 0 Å². The minimum Gasteiger partial charge on any atom is -0.478 e. The number of carboxylic acids is 1. The van der Waals surface area contributed by atoms with E-state index in [2.05, 4.69) is 21.8 Å². The van der Waals surface area contributed by atoms with E-state index in [4.69, 9.17) is 5.11 Å². The molecule has 5 heteroatoms. The number of hydrogen-bond donors (Lipinski definition) is 1. The minimum atomic E-state index is -0.930. The molecular weight excluding hydrogens is 266 g/mol. The van der Waals surface area contributed by atoms with E-state index in [0.717, 1.165) is 30.2 Å². The van der Waals surface area contributed by atoms with Gasteiger partial charge < -0.3 is 10.0 Å². The van der Waals surface area contributed by atoms with Crippen molar-refractivity contribution in [3.8, 4) is 0 Å². The van der Waals surface area contributed by atoms with Gasteiger partial charge in [-0.2, -0.15) is 0 Å². The fourth-order valence-corrected chi connectivity index (χ4v) is 2.90. The summed E-state index contributed by atoms with van der Waals surface area (Å²) in [5.74, 6) is 0.744. The number of benzene rings is 1. The first kappa shape index (κ1) is 13.8. The van der Waals surface area contributed by atoms with Gasteiger partial charge in [-0.15, -0.1) is 0 Å². The van der Waals surface area contributed by atoms with E-state index in [-0.39, 0.29) is 5.56 Å². The number of carboxylic acid groups (broad SMARTS) is 1. The van der Waals surface area contributed by atoms with Crippen LogP contribution in [0.1, 0.15) is 36.5 Å². The largest absolute Gasteiger partial charge is 0.478 e. The highest BCUT2D eigenvalue weighted by Crippen LogP contribution is 2.27. The van der Waals surface area contributed by atoms with Crippen molar-refractivity contribution in [2.45, 2.75) is 26.2 Å². The smallest absolute Gasteiger partial charge is 0.335 e. The van der Waals surface area contributed by atoms with Gasteiger partial charge in [0.05, 0.1) is 11.1 Å². The van der Waals surface area contributed by atoms with E-state index < -0.39 is 5.97 Å². The SMILES string of the molecule is CC1CCCN(c2ncnc3cc(C(=O)O)ccc23)CC1. The summed E-state index contributed by atoms with van der Waals surface area (Å²) in [6.07, 6.45) is 5.11. The second-order valence-electron chi connectivity index (χ2n) is 5.76. The fraction of sp³-hybridized carbons (Fsp3) is 0.438. The Bertz CT molecular complexity index is 672. The van der Waals surface area contributed by atoms with Crippen LogP contribution in [-0.2, 0) is 0 Å². The van der Waals surface area contributed by atoms with Crippen LogP contribution in [0, 0.1) is 5.92 Å². The molecule has 1 fully saturated rings. The second kappa shape index (κ2) is 5.68. The van der Waals surface area contributed by atoms with E-state index in [1.165, 1.54) is 25.6 Å². The van der Waals surface area contributed by atoms with E-state index in [9.17, 15) is 4.79 Å². The van der Waals surface area contributed by atoms with E-state index >= 15 is 0 Å². The number of rotatable bonds is 2. The first-order valence-corrected chi connectivity index (χ1v) is 7.38. The third-order valence-corrected chi connectivity index (χ3v) is 4.18. The van der Waals surface area contributed by atoms with Gasteiger partial charge in [-0.05, 0) is 43.4 Å². The number of hydrogen-bond acceptors (Lipinski definition) is 4. The zero-order valence-electron chi connectivity index (χ0n) is 12.1. The molecule has 1 aliphatic rings. The van der Waals surface area contributed by atoms with Gasteiger partial charge in [0, 0.05) is 18.5 Å². The Balaban J connectivity index is 2.00. The maximum absolute atomic E-state index is 11.1.